The van der Waals surface area contributed by atoms with E-state index in [4.69, 9.17) is 4.74 Å². The van der Waals surface area contributed by atoms with Crippen LogP contribution in [0.15, 0.2) is 77.6 Å². The van der Waals surface area contributed by atoms with E-state index >= 15 is 0 Å². The summed E-state index contributed by atoms with van der Waals surface area (Å²) in [5.41, 5.74) is 2.89. The van der Waals surface area contributed by atoms with Crippen LogP contribution in [0.5, 0.6) is 5.75 Å². The van der Waals surface area contributed by atoms with Crippen molar-refractivity contribution in [1.29, 1.82) is 0 Å². The van der Waals surface area contributed by atoms with Crippen molar-refractivity contribution in [3.63, 3.8) is 0 Å². The number of urea groups is 1. The summed E-state index contributed by atoms with van der Waals surface area (Å²) in [5.74, 6) is 1.16. The number of carbonyl (C=O) groups is 1. The van der Waals surface area contributed by atoms with Crippen molar-refractivity contribution < 1.29 is 9.53 Å². The van der Waals surface area contributed by atoms with E-state index in [-0.39, 0.29) is 0 Å². The Morgan fingerprint density at radius 3 is 2.56 bits per heavy atom. The van der Waals surface area contributed by atoms with E-state index in [0.29, 0.717) is 35.4 Å². The lowest BCUT2D eigenvalue weighted by Gasteiger charge is -2.16. The predicted molar refractivity (Wildman–Crippen MR) is 127 cm³/mol. The number of para-hydroxylation sites is 1. The van der Waals surface area contributed by atoms with Gasteiger partial charge in [0.25, 0.3) is 0 Å². The second kappa shape index (κ2) is 9.34. The molecule has 7 heteroatoms. The molecule has 4 rings (SSSR count). The third-order valence-corrected chi connectivity index (χ3v) is 5.18. The summed E-state index contributed by atoms with van der Waals surface area (Å²) >= 11 is 0. The van der Waals surface area contributed by atoms with Gasteiger partial charge in [-0.1, -0.05) is 42.0 Å². The maximum Gasteiger partial charge on any atom is 0.349 e. The minimum Gasteiger partial charge on any atom is -0.497 e. The zero-order valence-electron chi connectivity index (χ0n) is 18.0. The molecule has 0 saturated heterocycles. The van der Waals surface area contributed by atoms with Gasteiger partial charge in [0, 0.05) is 17.6 Å². The van der Waals surface area contributed by atoms with Crippen molar-refractivity contribution >= 4 is 28.4 Å². The minimum absolute atomic E-state index is 0.351. The standard InChI is InChI=1S/C25H24N4O3/c1-17-10-12-19(13-11-17)26-24(30)28-23-21-8-3-4-9-22(21)27-25(31)29(23)15-14-18-6-5-7-20(16-18)32-2/h3-13,16H,14-15H2,1-2H3,(H2,26,28,30). The molecular weight excluding hydrogens is 404 g/mol. The van der Waals surface area contributed by atoms with Gasteiger partial charge >= 0.3 is 11.7 Å². The van der Waals surface area contributed by atoms with Crippen LogP contribution in [0, 0.1) is 6.92 Å². The van der Waals surface area contributed by atoms with Gasteiger partial charge in [0.15, 0.2) is 0 Å². The van der Waals surface area contributed by atoms with Crippen LogP contribution < -0.4 is 21.1 Å². The summed E-state index contributed by atoms with van der Waals surface area (Å²) in [4.78, 5) is 29.8. The molecule has 0 aliphatic heterocycles. The maximum absolute atomic E-state index is 12.8. The minimum atomic E-state index is -0.431. The summed E-state index contributed by atoms with van der Waals surface area (Å²) < 4.78 is 6.78. The van der Waals surface area contributed by atoms with E-state index in [2.05, 4.69) is 15.6 Å². The molecule has 2 N–H and O–H groups in total. The lowest BCUT2D eigenvalue weighted by atomic mass is 10.1. The number of aryl methyl sites for hydroxylation is 2. The molecule has 0 aliphatic rings. The van der Waals surface area contributed by atoms with E-state index in [9.17, 15) is 9.59 Å². The largest absolute Gasteiger partial charge is 0.497 e. The average Bonchev–Trinajstić information content (AvgIpc) is 2.80. The first-order valence-corrected chi connectivity index (χ1v) is 10.3. The number of hydrogen-bond acceptors (Lipinski definition) is 4. The fourth-order valence-electron chi connectivity index (χ4n) is 3.49. The molecule has 3 aromatic carbocycles. The summed E-state index contributed by atoms with van der Waals surface area (Å²) in [6.45, 7) is 2.33. The fraction of sp³-hybridized carbons (Fsp3) is 0.160. The van der Waals surface area contributed by atoms with Crippen molar-refractivity contribution in [2.24, 2.45) is 0 Å². The van der Waals surface area contributed by atoms with Gasteiger partial charge in [-0.15, -0.1) is 0 Å². The fourth-order valence-corrected chi connectivity index (χ4v) is 3.49. The number of nitrogens with zero attached hydrogens (tertiary/aromatic N) is 2. The monoisotopic (exact) mass is 428 g/mol. The molecule has 162 valence electrons. The van der Waals surface area contributed by atoms with Gasteiger partial charge in [0.05, 0.1) is 12.6 Å². The van der Waals surface area contributed by atoms with Crippen LogP contribution in [0.2, 0.25) is 0 Å². The number of anilines is 2. The Morgan fingerprint density at radius 1 is 1.00 bits per heavy atom. The quantitative estimate of drug-likeness (QED) is 0.470. The number of aromatic nitrogens is 2. The molecule has 0 saturated carbocycles. The Morgan fingerprint density at radius 2 is 1.78 bits per heavy atom. The van der Waals surface area contributed by atoms with Crippen LogP contribution >= 0.6 is 0 Å². The number of nitrogens with one attached hydrogen (secondary N) is 2. The first-order valence-electron chi connectivity index (χ1n) is 10.3. The Balaban J connectivity index is 1.65. The van der Waals surface area contributed by atoms with Crippen LogP contribution in [0.4, 0.5) is 16.3 Å². The average molecular weight is 428 g/mol. The van der Waals surface area contributed by atoms with Gasteiger partial charge < -0.3 is 10.1 Å². The topological polar surface area (TPSA) is 85.2 Å². The van der Waals surface area contributed by atoms with E-state index in [1.165, 1.54) is 4.57 Å². The van der Waals surface area contributed by atoms with Gasteiger partial charge in [-0.25, -0.2) is 9.59 Å². The number of ether oxygens (including phenoxy) is 1. The number of amides is 2. The number of hydrogen-bond donors (Lipinski definition) is 2. The highest BCUT2D eigenvalue weighted by Crippen LogP contribution is 2.21. The van der Waals surface area contributed by atoms with E-state index in [0.717, 1.165) is 16.9 Å². The van der Waals surface area contributed by atoms with Crippen LogP contribution in [-0.2, 0) is 13.0 Å². The maximum atomic E-state index is 12.8. The van der Waals surface area contributed by atoms with Crippen molar-refractivity contribution in [3.8, 4) is 5.75 Å². The summed E-state index contributed by atoms with van der Waals surface area (Å²) in [6.07, 6.45) is 0.575. The number of rotatable bonds is 6. The predicted octanol–water partition coefficient (Wildman–Crippen LogP) is 4.60. The molecule has 7 nitrogen and oxygen atoms in total. The molecule has 2 amide bonds. The lowest BCUT2D eigenvalue weighted by molar-refractivity contribution is 0.262. The van der Waals surface area contributed by atoms with E-state index in [1.54, 1.807) is 13.2 Å². The zero-order valence-corrected chi connectivity index (χ0v) is 18.0. The molecule has 0 aliphatic carbocycles. The van der Waals surface area contributed by atoms with Crippen molar-refractivity contribution in [2.75, 3.05) is 17.7 Å². The zero-order chi connectivity index (χ0) is 22.5. The molecular formula is C25H24N4O3. The molecule has 0 spiro atoms. The summed E-state index contributed by atoms with van der Waals surface area (Å²) in [6, 6.07) is 22.0. The Kier molecular flexibility index (Phi) is 6.17. The van der Waals surface area contributed by atoms with Gasteiger partial charge in [0.1, 0.15) is 11.6 Å². The highest BCUT2D eigenvalue weighted by molar-refractivity contribution is 6.04. The van der Waals surface area contributed by atoms with Crippen molar-refractivity contribution in [2.45, 2.75) is 19.9 Å². The highest BCUT2D eigenvalue weighted by Gasteiger charge is 2.14. The van der Waals surface area contributed by atoms with Crippen LogP contribution in [0.1, 0.15) is 11.1 Å². The third-order valence-electron chi connectivity index (χ3n) is 5.18. The van der Waals surface area contributed by atoms with Gasteiger partial charge in [0.2, 0.25) is 0 Å². The first-order chi connectivity index (χ1) is 15.5. The third kappa shape index (κ3) is 4.78. The smallest absolute Gasteiger partial charge is 0.349 e. The van der Waals surface area contributed by atoms with Crippen LogP contribution in [-0.4, -0.2) is 22.7 Å². The molecule has 0 fully saturated rings. The molecule has 4 aromatic rings. The Labute approximate surface area is 185 Å². The van der Waals surface area contributed by atoms with Gasteiger partial charge in [-0.05, 0) is 55.3 Å². The normalized spacial score (nSPS) is 10.7. The lowest BCUT2D eigenvalue weighted by Crippen LogP contribution is -2.30. The number of fused-ring (bicyclic) bond motifs is 1. The van der Waals surface area contributed by atoms with Gasteiger partial charge in [-0.3, -0.25) is 9.88 Å². The van der Waals surface area contributed by atoms with Gasteiger partial charge in [-0.2, -0.15) is 4.98 Å². The summed E-state index contributed by atoms with van der Waals surface area (Å²) in [7, 11) is 1.62. The van der Waals surface area contributed by atoms with Crippen molar-refractivity contribution in [1.82, 2.24) is 9.55 Å². The van der Waals surface area contributed by atoms with Crippen LogP contribution in [0.3, 0.4) is 0 Å². The SMILES string of the molecule is COc1cccc(CCn2c(NC(=O)Nc3ccc(C)cc3)c3ccccc3nc2=O)c1. The Bertz CT molecular complexity index is 1310. The second-order valence-corrected chi connectivity index (χ2v) is 7.46. The number of methoxy groups -OCH3 is 1. The molecule has 1 heterocycles. The van der Waals surface area contributed by atoms with E-state index in [1.807, 2.05) is 73.7 Å². The van der Waals surface area contributed by atoms with Crippen molar-refractivity contribution in [3.05, 3.63) is 94.4 Å². The van der Waals surface area contributed by atoms with Crippen LogP contribution in [0.25, 0.3) is 10.9 Å². The molecule has 0 atom stereocenters. The van der Waals surface area contributed by atoms with E-state index < -0.39 is 11.7 Å². The first kappa shape index (κ1) is 21.1. The molecule has 0 radical (unpaired) electrons. The highest BCUT2D eigenvalue weighted by atomic mass is 16.5. The molecule has 0 unspecified atom stereocenters. The molecule has 32 heavy (non-hydrogen) atoms. The second-order valence-electron chi connectivity index (χ2n) is 7.46. The number of benzene rings is 3. The summed E-state index contributed by atoms with van der Waals surface area (Å²) in [5, 5.41) is 6.37. The molecule has 0 bridgehead atoms. The number of carbonyl (C=O) groups excluding carboxylic acids is 1. The molecule has 1 aromatic heterocycles. The Hall–Kier alpha value is -4.13.